The minimum Gasteiger partial charge on any atom is -0.457 e. The Labute approximate surface area is 235 Å². The highest BCUT2D eigenvalue weighted by atomic mass is 16.8. The van der Waals surface area contributed by atoms with Crippen LogP contribution >= 0.6 is 0 Å². The molecular weight excluding hydrogens is 540 g/mol. The predicted molar refractivity (Wildman–Crippen MR) is 143 cm³/mol. The number of hydroxylamine groups is 2. The fraction of sp³-hybridized carbons (Fsp3) is 0.407. The van der Waals surface area contributed by atoms with Crippen LogP contribution in [0.2, 0.25) is 0 Å². The number of morpholine rings is 1. The van der Waals surface area contributed by atoms with Crippen LogP contribution in [-0.4, -0.2) is 78.0 Å². The molecule has 4 rings (SSSR count). The first-order valence-electron chi connectivity index (χ1n) is 12.8. The second-order valence-corrected chi connectivity index (χ2v) is 10.4. The predicted octanol–water partition coefficient (Wildman–Crippen LogP) is 3.06. The molecule has 0 aromatic heterocycles. The van der Waals surface area contributed by atoms with E-state index >= 15 is 0 Å². The van der Waals surface area contributed by atoms with Crippen molar-refractivity contribution in [2.45, 2.75) is 44.9 Å². The van der Waals surface area contributed by atoms with Gasteiger partial charge in [0, 0.05) is 36.5 Å². The van der Waals surface area contributed by atoms with Gasteiger partial charge >= 0.3 is 12.1 Å². The maximum Gasteiger partial charge on any atom is 0.528 e. The van der Waals surface area contributed by atoms with E-state index in [1.54, 1.807) is 49.9 Å². The largest absolute Gasteiger partial charge is 0.528 e. The number of nitro groups is 1. The van der Waals surface area contributed by atoms with Gasteiger partial charge in [-0.2, -0.15) is 0 Å². The zero-order valence-electron chi connectivity index (χ0n) is 22.7. The first kappa shape index (κ1) is 29.4. The van der Waals surface area contributed by atoms with E-state index in [1.807, 2.05) is 0 Å². The third kappa shape index (κ3) is 7.77. The van der Waals surface area contributed by atoms with E-state index in [0.717, 1.165) is 5.06 Å². The van der Waals surface area contributed by atoms with Gasteiger partial charge in [-0.3, -0.25) is 19.7 Å². The Kier molecular flexibility index (Phi) is 8.83. The fourth-order valence-electron chi connectivity index (χ4n) is 4.24. The van der Waals surface area contributed by atoms with Crippen LogP contribution in [0.4, 0.5) is 21.9 Å². The molecule has 0 bridgehead atoms. The van der Waals surface area contributed by atoms with Gasteiger partial charge in [0.05, 0.1) is 23.6 Å². The van der Waals surface area contributed by atoms with E-state index in [0.29, 0.717) is 24.5 Å². The molecule has 2 aliphatic heterocycles. The van der Waals surface area contributed by atoms with Gasteiger partial charge in [-0.25, -0.2) is 9.59 Å². The number of amides is 2. The number of rotatable bonds is 7. The summed E-state index contributed by atoms with van der Waals surface area (Å²) in [4.78, 5) is 67.6. The molecule has 0 saturated carbocycles. The lowest BCUT2D eigenvalue weighted by atomic mass is 10.1. The van der Waals surface area contributed by atoms with E-state index in [2.05, 4.69) is 5.32 Å². The average molecular weight is 571 g/mol. The van der Waals surface area contributed by atoms with Crippen LogP contribution in [0.25, 0.3) is 0 Å². The molecule has 0 aliphatic carbocycles. The van der Waals surface area contributed by atoms with E-state index in [1.165, 1.54) is 24.3 Å². The first-order valence-corrected chi connectivity index (χ1v) is 12.8. The van der Waals surface area contributed by atoms with Crippen molar-refractivity contribution in [3.05, 3.63) is 64.2 Å². The van der Waals surface area contributed by atoms with Crippen LogP contribution in [-0.2, 0) is 28.6 Å². The van der Waals surface area contributed by atoms with Gasteiger partial charge in [0.1, 0.15) is 24.4 Å². The molecule has 2 saturated heterocycles. The van der Waals surface area contributed by atoms with Crippen LogP contribution in [0.15, 0.2) is 48.5 Å². The van der Waals surface area contributed by atoms with Crippen molar-refractivity contribution < 1.29 is 43.1 Å². The van der Waals surface area contributed by atoms with Gasteiger partial charge in [-0.15, -0.1) is 5.06 Å². The van der Waals surface area contributed by atoms with Crippen LogP contribution in [0.3, 0.4) is 0 Å². The Morgan fingerprint density at radius 3 is 2.37 bits per heavy atom. The summed E-state index contributed by atoms with van der Waals surface area (Å²) in [5.41, 5.74) is 0.149. The van der Waals surface area contributed by atoms with Gasteiger partial charge in [-0.05, 0) is 57.2 Å². The minimum atomic E-state index is -1.03. The summed E-state index contributed by atoms with van der Waals surface area (Å²) in [5, 5.41) is 14.7. The number of carbonyl (C=O) groups excluding carboxylic acids is 4. The smallest absolute Gasteiger partial charge is 0.457 e. The lowest BCUT2D eigenvalue weighted by molar-refractivity contribution is -0.384. The number of nitro benzene ring substituents is 1. The highest BCUT2D eigenvalue weighted by molar-refractivity contribution is 5.97. The number of anilines is 2. The van der Waals surface area contributed by atoms with Crippen molar-refractivity contribution in [2.75, 3.05) is 36.5 Å². The monoisotopic (exact) mass is 570 g/mol. The molecule has 14 heteroatoms. The molecule has 2 heterocycles. The number of hydrogen-bond acceptors (Lipinski definition) is 11. The lowest BCUT2D eigenvalue weighted by Gasteiger charge is -2.27. The zero-order chi connectivity index (χ0) is 29.7. The van der Waals surface area contributed by atoms with Crippen molar-refractivity contribution in [3.63, 3.8) is 0 Å². The van der Waals surface area contributed by atoms with Crippen molar-refractivity contribution in [3.8, 4) is 0 Å². The third-order valence-electron chi connectivity index (χ3n) is 6.12. The van der Waals surface area contributed by atoms with Gasteiger partial charge in [0.15, 0.2) is 0 Å². The molecule has 0 unspecified atom stereocenters. The second kappa shape index (κ2) is 12.3. The lowest BCUT2D eigenvalue weighted by Crippen LogP contribution is -2.42. The maximum atomic E-state index is 13.3. The highest BCUT2D eigenvalue weighted by Gasteiger charge is 2.42. The Morgan fingerprint density at radius 1 is 1.07 bits per heavy atom. The topological polar surface area (TPSA) is 167 Å². The van der Waals surface area contributed by atoms with Crippen LogP contribution < -0.4 is 10.2 Å². The van der Waals surface area contributed by atoms with Gasteiger partial charge in [0.25, 0.3) is 11.6 Å². The molecule has 41 heavy (non-hydrogen) atoms. The number of nitrogens with zero attached hydrogens (tertiary/aromatic N) is 3. The summed E-state index contributed by atoms with van der Waals surface area (Å²) in [6.07, 6.45) is -1.88. The van der Waals surface area contributed by atoms with Crippen LogP contribution in [0.5, 0.6) is 0 Å². The second-order valence-electron chi connectivity index (χ2n) is 10.4. The summed E-state index contributed by atoms with van der Waals surface area (Å²) in [7, 11) is 0. The number of non-ortho nitro benzene ring substituents is 1. The van der Waals surface area contributed by atoms with Crippen molar-refractivity contribution in [2.24, 2.45) is 0 Å². The Bertz CT molecular complexity index is 1310. The molecule has 2 amide bonds. The van der Waals surface area contributed by atoms with Crippen molar-refractivity contribution in [1.82, 2.24) is 5.06 Å². The minimum absolute atomic E-state index is 0.00356. The summed E-state index contributed by atoms with van der Waals surface area (Å²) in [6.45, 7) is 5.71. The molecule has 2 aromatic rings. The van der Waals surface area contributed by atoms with Gasteiger partial charge < -0.3 is 29.3 Å². The summed E-state index contributed by atoms with van der Waals surface area (Å²) >= 11 is 0. The van der Waals surface area contributed by atoms with Crippen molar-refractivity contribution in [1.29, 1.82) is 0 Å². The molecule has 14 nitrogen and oxygen atoms in total. The Balaban J connectivity index is 1.44. The molecular formula is C27H30N4O10. The fourth-order valence-corrected chi connectivity index (χ4v) is 4.24. The van der Waals surface area contributed by atoms with E-state index < -0.39 is 40.7 Å². The average Bonchev–Trinajstić information content (AvgIpc) is 3.30. The third-order valence-corrected chi connectivity index (χ3v) is 6.12. The van der Waals surface area contributed by atoms with E-state index in [4.69, 9.17) is 19.0 Å². The van der Waals surface area contributed by atoms with Crippen molar-refractivity contribution >= 4 is 41.0 Å². The normalized spacial score (nSPS) is 19.4. The number of nitrogens with one attached hydrogen (secondary N) is 1. The Hall–Kier alpha value is -4.56. The molecule has 0 radical (unpaired) electrons. The van der Waals surface area contributed by atoms with Gasteiger partial charge in [-0.1, -0.05) is 0 Å². The zero-order valence-corrected chi connectivity index (χ0v) is 22.7. The number of esters is 1. The molecule has 2 aliphatic rings. The quantitative estimate of drug-likeness (QED) is 0.295. The molecule has 2 aromatic carbocycles. The van der Waals surface area contributed by atoms with Crippen LogP contribution in [0.1, 0.15) is 37.6 Å². The molecule has 2 atom stereocenters. The first-order chi connectivity index (χ1) is 19.4. The number of ether oxygens (including phenoxy) is 3. The number of hydrogen-bond donors (Lipinski definition) is 1. The molecule has 2 fully saturated rings. The van der Waals surface area contributed by atoms with E-state index in [-0.39, 0.29) is 36.7 Å². The van der Waals surface area contributed by atoms with E-state index in [9.17, 15) is 29.3 Å². The number of benzene rings is 2. The molecule has 218 valence electrons. The maximum absolute atomic E-state index is 13.3. The van der Waals surface area contributed by atoms with Gasteiger partial charge in [0.2, 0.25) is 5.91 Å². The standard InChI is InChI=1S/C27H30N4O10/c1-27(2,3)40-26(35)41-30-15-21(39-25(34)17-4-8-20(9-5-17)31(36)37)14-22(30)24(33)28-18-6-10-19(11-7-18)29-12-13-38-16-23(29)32/h4-11,21-22H,12-16H2,1-3H3,(H,28,33)/t21-,22+/m0/s1. The van der Waals surface area contributed by atoms with Crippen LogP contribution in [0, 0.1) is 10.1 Å². The molecule has 1 N–H and O–H groups in total. The SMILES string of the molecule is CC(C)(C)OC(=O)ON1C[C@@H](OC(=O)c2ccc([N+](=O)[O-])cc2)C[C@@H]1C(=O)Nc1ccc(N2CCOCC2=O)cc1. The Morgan fingerprint density at radius 2 is 1.76 bits per heavy atom. The highest BCUT2D eigenvalue weighted by Crippen LogP contribution is 2.26. The number of carbonyl (C=O) groups is 4. The summed E-state index contributed by atoms with van der Waals surface area (Å²) in [5.74, 6) is -1.45. The summed E-state index contributed by atoms with van der Waals surface area (Å²) in [6, 6.07) is 10.5. The molecule has 0 spiro atoms. The summed E-state index contributed by atoms with van der Waals surface area (Å²) < 4.78 is 15.9.